The van der Waals surface area contributed by atoms with E-state index < -0.39 is 17.2 Å². The normalized spacial score (nSPS) is 14.7. The molecule has 1 aliphatic rings. The molecule has 2 heterocycles. The first-order chi connectivity index (χ1) is 17.0. The number of carbonyl (C=O) groups is 1. The molecular formula is C27H32FN5O2. The number of aromatic nitrogens is 2. The number of unbranched alkanes of at least 4 members (excludes halogenated alkanes) is 1. The smallest absolute Gasteiger partial charge is 0.275 e. The van der Waals surface area contributed by atoms with Gasteiger partial charge in [-0.15, -0.1) is 0 Å². The fourth-order valence-corrected chi connectivity index (χ4v) is 4.33. The van der Waals surface area contributed by atoms with E-state index in [0.717, 1.165) is 52.1 Å². The first-order valence-electron chi connectivity index (χ1n) is 12.1. The highest BCUT2D eigenvalue weighted by molar-refractivity contribution is 5.92. The third-order valence-electron chi connectivity index (χ3n) is 6.30. The Bertz CT molecular complexity index is 1190. The predicted octanol–water partition coefficient (Wildman–Crippen LogP) is 3.01. The first kappa shape index (κ1) is 24.8. The van der Waals surface area contributed by atoms with Crippen molar-refractivity contribution in [3.05, 3.63) is 93.7 Å². The van der Waals surface area contributed by atoms with E-state index >= 15 is 0 Å². The highest BCUT2D eigenvalue weighted by Crippen LogP contribution is 2.13. The Morgan fingerprint density at radius 3 is 2.40 bits per heavy atom. The summed E-state index contributed by atoms with van der Waals surface area (Å²) in [7, 11) is 0. The lowest BCUT2D eigenvalue weighted by Crippen LogP contribution is -2.46. The summed E-state index contributed by atoms with van der Waals surface area (Å²) in [6.45, 7) is 8.29. The molecule has 0 radical (unpaired) electrons. The topological polar surface area (TPSA) is 70.5 Å². The molecule has 4 rings (SSSR count). The van der Waals surface area contributed by atoms with Gasteiger partial charge in [-0.05, 0) is 44.0 Å². The van der Waals surface area contributed by atoms with E-state index in [9.17, 15) is 14.0 Å². The third kappa shape index (κ3) is 6.61. The number of amides is 1. The molecule has 1 saturated heterocycles. The molecule has 0 saturated carbocycles. The standard InChI is InChI=1S/C27H32FN5O2/c1-21-19-25(34)26(30-33(21)24-12-6-5-11-23(24)28)27(35)29-13-7-8-14-31-15-17-32(18-16-31)20-22-9-3-2-4-10-22/h2-6,9-12,19H,7-8,13-18,20H2,1H3,(H,29,35). The Morgan fingerprint density at radius 1 is 0.971 bits per heavy atom. The summed E-state index contributed by atoms with van der Waals surface area (Å²) in [6, 6.07) is 18.0. The van der Waals surface area contributed by atoms with Gasteiger partial charge in [-0.1, -0.05) is 42.5 Å². The lowest BCUT2D eigenvalue weighted by molar-refractivity contribution is 0.0943. The Hall–Kier alpha value is -3.36. The molecule has 0 spiro atoms. The summed E-state index contributed by atoms with van der Waals surface area (Å²) in [6.07, 6.45) is 1.77. The van der Waals surface area contributed by atoms with Gasteiger partial charge in [0.2, 0.25) is 5.43 Å². The number of hydrogen-bond donors (Lipinski definition) is 1. The zero-order chi connectivity index (χ0) is 24.6. The molecule has 0 unspecified atom stereocenters. The molecule has 1 amide bonds. The molecule has 1 aromatic heterocycles. The monoisotopic (exact) mass is 477 g/mol. The summed E-state index contributed by atoms with van der Waals surface area (Å²) >= 11 is 0. The van der Waals surface area contributed by atoms with Crippen molar-refractivity contribution in [2.24, 2.45) is 0 Å². The molecule has 35 heavy (non-hydrogen) atoms. The van der Waals surface area contributed by atoms with Gasteiger partial charge in [-0.25, -0.2) is 9.07 Å². The number of rotatable bonds is 9. The van der Waals surface area contributed by atoms with Gasteiger partial charge in [0, 0.05) is 51.0 Å². The largest absolute Gasteiger partial charge is 0.351 e. The van der Waals surface area contributed by atoms with Crippen molar-refractivity contribution in [3.63, 3.8) is 0 Å². The number of piperazine rings is 1. The fraction of sp³-hybridized carbons (Fsp3) is 0.370. The Kier molecular flexibility index (Phi) is 8.39. The second-order valence-electron chi connectivity index (χ2n) is 8.93. The number of benzene rings is 2. The third-order valence-corrected chi connectivity index (χ3v) is 6.30. The minimum absolute atomic E-state index is 0.197. The van der Waals surface area contributed by atoms with Crippen LogP contribution in [0.5, 0.6) is 0 Å². The maximum absolute atomic E-state index is 14.2. The Morgan fingerprint density at radius 2 is 1.66 bits per heavy atom. The van der Waals surface area contributed by atoms with E-state index in [-0.39, 0.29) is 11.4 Å². The average molecular weight is 478 g/mol. The van der Waals surface area contributed by atoms with Gasteiger partial charge in [0.15, 0.2) is 5.69 Å². The van der Waals surface area contributed by atoms with Gasteiger partial charge in [0.25, 0.3) is 5.91 Å². The molecule has 184 valence electrons. The van der Waals surface area contributed by atoms with E-state index in [2.05, 4.69) is 44.5 Å². The van der Waals surface area contributed by atoms with Crippen LogP contribution in [0, 0.1) is 12.7 Å². The minimum Gasteiger partial charge on any atom is -0.351 e. The lowest BCUT2D eigenvalue weighted by atomic mass is 10.2. The molecular weight excluding hydrogens is 445 g/mol. The van der Waals surface area contributed by atoms with Gasteiger partial charge >= 0.3 is 0 Å². The molecule has 0 atom stereocenters. The van der Waals surface area contributed by atoms with Crippen LogP contribution in [-0.4, -0.2) is 64.8 Å². The van der Waals surface area contributed by atoms with E-state index in [0.29, 0.717) is 12.2 Å². The SMILES string of the molecule is Cc1cc(=O)c(C(=O)NCCCCN2CCN(Cc3ccccc3)CC2)nn1-c1ccccc1F. The maximum Gasteiger partial charge on any atom is 0.275 e. The van der Waals surface area contributed by atoms with Crippen LogP contribution in [0.15, 0.2) is 65.5 Å². The van der Waals surface area contributed by atoms with Crippen LogP contribution < -0.4 is 10.7 Å². The van der Waals surface area contributed by atoms with E-state index in [1.54, 1.807) is 25.1 Å². The Labute approximate surface area is 205 Å². The van der Waals surface area contributed by atoms with Crippen LogP contribution in [-0.2, 0) is 6.54 Å². The zero-order valence-corrected chi connectivity index (χ0v) is 20.1. The van der Waals surface area contributed by atoms with E-state index in [4.69, 9.17) is 0 Å². The summed E-state index contributed by atoms with van der Waals surface area (Å²) < 4.78 is 15.5. The lowest BCUT2D eigenvalue weighted by Gasteiger charge is -2.34. The zero-order valence-electron chi connectivity index (χ0n) is 20.1. The van der Waals surface area contributed by atoms with Gasteiger partial charge < -0.3 is 10.2 Å². The van der Waals surface area contributed by atoms with Crippen molar-refractivity contribution in [1.29, 1.82) is 0 Å². The van der Waals surface area contributed by atoms with E-state index in [1.165, 1.54) is 22.4 Å². The van der Waals surface area contributed by atoms with Gasteiger partial charge in [-0.3, -0.25) is 14.5 Å². The molecule has 2 aromatic carbocycles. The molecule has 8 heteroatoms. The van der Waals surface area contributed by atoms with Crippen molar-refractivity contribution in [3.8, 4) is 5.69 Å². The number of hydrogen-bond acceptors (Lipinski definition) is 5. The van der Waals surface area contributed by atoms with Gasteiger partial charge in [0.05, 0.1) is 0 Å². The molecule has 1 aliphatic heterocycles. The summed E-state index contributed by atoms with van der Waals surface area (Å²) in [5.74, 6) is -1.01. The van der Waals surface area contributed by atoms with Crippen molar-refractivity contribution in [2.75, 3.05) is 39.3 Å². The molecule has 1 N–H and O–H groups in total. The van der Waals surface area contributed by atoms with Crippen LogP contribution in [0.25, 0.3) is 5.69 Å². The van der Waals surface area contributed by atoms with Crippen LogP contribution in [0.1, 0.15) is 34.6 Å². The highest BCUT2D eigenvalue weighted by atomic mass is 19.1. The minimum atomic E-state index is -0.533. The molecule has 1 fully saturated rings. The predicted molar refractivity (Wildman–Crippen MR) is 134 cm³/mol. The highest BCUT2D eigenvalue weighted by Gasteiger charge is 2.18. The summed E-state index contributed by atoms with van der Waals surface area (Å²) in [5.41, 5.74) is 1.30. The van der Waals surface area contributed by atoms with Crippen LogP contribution in [0.3, 0.4) is 0 Å². The van der Waals surface area contributed by atoms with Gasteiger partial charge in [0.1, 0.15) is 11.5 Å². The summed E-state index contributed by atoms with van der Waals surface area (Å²) in [5, 5.41) is 6.94. The number of carbonyl (C=O) groups excluding carboxylic acids is 1. The van der Waals surface area contributed by atoms with E-state index in [1.807, 2.05) is 6.07 Å². The Balaban J connectivity index is 1.21. The molecule has 7 nitrogen and oxygen atoms in total. The fourth-order valence-electron chi connectivity index (χ4n) is 4.33. The van der Waals surface area contributed by atoms with Crippen molar-refractivity contribution >= 4 is 5.91 Å². The molecule has 3 aromatic rings. The van der Waals surface area contributed by atoms with Crippen molar-refractivity contribution < 1.29 is 9.18 Å². The molecule has 0 aliphatic carbocycles. The van der Waals surface area contributed by atoms with Crippen molar-refractivity contribution in [2.45, 2.75) is 26.3 Å². The van der Waals surface area contributed by atoms with Gasteiger partial charge in [-0.2, -0.15) is 5.10 Å². The summed E-state index contributed by atoms with van der Waals surface area (Å²) in [4.78, 5) is 29.9. The number of nitrogens with one attached hydrogen (secondary N) is 1. The quantitative estimate of drug-likeness (QED) is 0.480. The average Bonchev–Trinajstić information content (AvgIpc) is 2.86. The number of aryl methyl sites for hydroxylation is 1. The van der Waals surface area contributed by atoms with Crippen LogP contribution >= 0.6 is 0 Å². The maximum atomic E-state index is 14.2. The number of nitrogens with zero attached hydrogens (tertiary/aromatic N) is 4. The molecule has 0 bridgehead atoms. The number of para-hydroxylation sites is 1. The van der Waals surface area contributed by atoms with Crippen LogP contribution in [0.4, 0.5) is 4.39 Å². The second kappa shape index (κ2) is 11.9. The first-order valence-corrected chi connectivity index (χ1v) is 12.1. The van der Waals surface area contributed by atoms with Crippen molar-refractivity contribution in [1.82, 2.24) is 24.9 Å². The number of halogens is 1. The second-order valence-corrected chi connectivity index (χ2v) is 8.93. The van der Waals surface area contributed by atoms with Crippen LogP contribution in [0.2, 0.25) is 0 Å².